The molecule has 1 saturated heterocycles. The molecule has 1 aliphatic heterocycles. The van der Waals surface area contributed by atoms with Gasteiger partial charge in [0.15, 0.2) is 0 Å². The third-order valence-electron chi connectivity index (χ3n) is 7.29. The number of halogens is 1. The van der Waals surface area contributed by atoms with Crippen molar-refractivity contribution in [3.8, 4) is 0 Å². The van der Waals surface area contributed by atoms with E-state index in [4.69, 9.17) is 11.6 Å². The molecule has 4 aliphatic carbocycles. The van der Waals surface area contributed by atoms with Crippen LogP contribution in [-0.2, 0) is 4.79 Å². The fraction of sp³-hybridized carbons (Fsp3) is 0.682. The van der Waals surface area contributed by atoms with Gasteiger partial charge in [0.2, 0.25) is 5.91 Å². The zero-order valence-electron chi connectivity index (χ0n) is 15.9. The van der Waals surface area contributed by atoms with Crippen LogP contribution in [-0.4, -0.2) is 47.5 Å². The van der Waals surface area contributed by atoms with Gasteiger partial charge in [-0.15, -0.1) is 11.8 Å². The molecular weight excluding hydrogens is 376 g/mol. The van der Waals surface area contributed by atoms with Gasteiger partial charge in [-0.3, -0.25) is 4.79 Å². The van der Waals surface area contributed by atoms with Crippen molar-refractivity contribution in [1.29, 1.82) is 0 Å². The van der Waals surface area contributed by atoms with Crippen LogP contribution in [0.25, 0.3) is 0 Å². The lowest BCUT2D eigenvalue weighted by Crippen LogP contribution is -2.51. The molecule has 6 rings (SSSR count). The Kier molecular flexibility index (Phi) is 4.84. The quantitative estimate of drug-likeness (QED) is 0.727. The van der Waals surface area contributed by atoms with Crippen molar-refractivity contribution in [1.82, 2.24) is 4.90 Å². The van der Waals surface area contributed by atoms with E-state index in [-0.39, 0.29) is 0 Å². The summed E-state index contributed by atoms with van der Waals surface area (Å²) >= 11 is 8.13. The standard InChI is InChI=1S/C22H29ClN2OS/c23-19-2-1-3-20(11-19)24-4-6-25(7-5-24)21(26)15-27-22-12-16-8-17(13-22)10-18(9-16)14-22/h1-3,11,16-18H,4-10,12-15H2. The summed E-state index contributed by atoms with van der Waals surface area (Å²) in [4.78, 5) is 17.3. The van der Waals surface area contributed by atoms with Gasteiger partial charge in [0.05, 0.1) is 5.75 Å². The summed E-state index contributed by atoms with van der Waals surface area (Å²) in [7, 11) is 0. The number of thioether (sulfide) groups is 1. The molecule has 0 radical (unpaired) electrons. The van der Waals surface area contributed by atoms with Gasteiger partial charge in [0.1, 0.15) is 0 Å². The normalized spacial score (nSPS) is 34.9. The molecule has 1 heterocycles. The van der Waals surface area contributed by atoms with Gasteiger partial charge in [-0.25, -0.2) is 0 Å². The smallest absolute Gasteiger partial charge is 0.232 e. The number of nitrogens with zero attached hydrogens (tertiary/aromatic N) is 2. The van der Waals surface area contributed by atoms with E-state index >= 15 is 0 Å². The maximum absolute atomic E-state index is 12.9. The molecule has 1 amide bonds. The Morgan fingerprint density at radius 1 is 1.04 bits per heavy atom. The Hall–Kier alpha value is -0.870. The predicted octanol–water partition coefficient (Wildman–Crippen LogP) is 4.69. The van der Waals surface area contributed by atoms with Gasteiger partial charge in [0, 0.05) is 41.6 Å². The zero-order chi connectivity index (χ0) is 18.4. The summed E-state index contributed by atoms with van der Waals surface area (Å²) in [5.74, 6) is 3.91. The van der Waals surface area contributed by atoms with E-state index < -0.39 is 0 Å². The first-order chi connectivity index (χ1) is 13.1. The van der Waals surface area contributed by atoms with Crippen molar-refractivity contribution in [3.05, 3.63) is 29.3 Å². The van der Waals surface area contributed by atoms with Gasteiger partial charge >= 0.3 is 0 Å². The van der Waals surface area contributed by atoms with E-state index in [1.54, 1.807) is 0 Å². The second kappa shape index (κ2) is 7.18. The van der Waals surface area contributed by atoms with E-state index in [1.807, 2.05) is 30.0 Å². The minimum atomic E-state index is 0.349. The topological polar surface area (TPSA) is 23.6 Å². The summed E-state index contributed by atoms with van der Waals surface area (Å²) in [6, 6.07) is 8.03. The largest absolute Gasteiger partial charge is 0.368 e. The molecule has 146 valence electrons. The van der Waals surface area contributed by atoms with Crippen molar-refractivity contribution in [2.75, 3.05) is 36.8 Å². The fourth-order valence-electron chi connectivity index (χ4n) is 6.40. The lowest BCUT2D eigenvalue weighted by Gasteiger charge is -2.56. The highest BCUT2D eigenvalue weighted by molar-refractivity contribution is 8.01. The molecule has 5 heteroatoms. The van der Waals surface area contributed by atoms with Crippen molar-refractivity contribution < 1.29 is 4.79 Å². The summed E-state index contributed by atoms with van der Waals surface area (Å²) in [6.45, 7) is 3.45. The van der Waals surface area contributed by atoms with Crippen LogP contribution in [0, 0.1) is 17.8 Å². The molecule has 0 aromatic heterocycles. The number of hydrogen-bond acceptors (Lipinski definition) is 3. The molecule has 3 nitrogen and oxygen atoms in total. The van der Waals surface area contributed by atoms with Gasteiger partial charge in [-0.2, -0.15) is 0 Å². The third kappa shape index (κ3) is 3.72. The highest BCUT2D eigenvalue weighted by Gasteiger charge is 2.51. The van der Waals surface area contributed by atoms with Crippen LogP contribution in [0.2, 0.25) is 5.02 Å². The lowest BCUT2D eigenvalue weighted by atomic mass is 9.56. The van der Waals surface area contributed by atoms with Crippen molar-refractivity contribution in [3.63, 3.8) is 0 Å². The summed E-state index contributed by atoms with van der Waals surface area (Å²) in [6.07, 6.45) is 8.54. The molecule has 0 atom stereocenters. The van der Waals surface area contributed by atoms with Gasteiger partial charge in [0.25, 0.3) is 0 Å². The summed E-state index contributed by atoms with van der Waals surface area (Å²) in [5.41, 5.74) is 1.16. The highest BCUT2D eigenvalue weighted by atomic mass is 35.5. The van der Waals surface area contributed by atoms with Gasteiger partial charge in [-0.05, 0) is 74.5 Å². The minimum Gasteiger partial charge on any atom is -0.368 e. The predicted molar refractivity (Wildman–Crippen MR) is 114 cm³/mol. The van der Waals surface area contributed by atoms with Crippen LogP contribution >= 0.6 is 23.4 Å². The molecule has 5 fully saturated rings. The second-order valence-corrected chi connectivity index (χ2v) is 11.1. The van der Waals surface area contributed by atoms with Crippen LogP contribution in [0.1, 0.15) is 38.5 Å². The van der Waals surface area contributed by atoms with Crippen molar-refractivity contribution in [2.24, 2.45) is 17.8 Å². The molecule has 4 saturated carbocycles. The first-order valence-electron chi connectivity index (χ1n) is 10.5. The average Bonchev–Trinajstić information content (AvgIpc) is 2.65. The lowest BCUT2D eigenvalue weighted by molar-refractivity contribution is -0.128. The van der Waals surface area contributed by atoms with Crippen molar-refractivity contribution >= 4 is 35.0 Å². The Morgan fingerprint density at radius 2 is 1.67 bits per heavy atom. The van der Waals surface area contributed by atoms with Crippen LogP contribution < -0.4 is 4.90 Å². The third-order valence-corrected chi connectivity index (χ3v) is 9.03. The van der Waals surface area contributed by atoms with E-state index in [0.717, 1.165) is 54.6 Å². The van der Waals surface area contributed by atoms with E-state index in [0.29, 0.717) is 16.4 Å². The van der Waals surface area contributed by atoms with Crippen LogP contribution in [0.4, 0.5) is 5.69 Å². The first kappa shape index (κ1) is 18.2. The molecule has 0 N–H and O–H groups in total. The second-order valence-electron chi connectivity index (χ2n) is 9.24. The molecule has 27 heavy (non-hydrogen) atoms. The van der Waals surface area contributed by atoms with Crippen LogP contribution in [0.5, 0.6) is 0 Å². The number of carbonyl (C=O) groups excluding carboxylic acids is 1. The number of piperazine rings is 1. The van der Waals surface area contributed by atoms with Crippen LogP contribution in [0.15, 0.2) is 24.3 Å². The molecule has 1 aromatic carbocycles. The molecule has 0 spiro atoms. The maximum Gasteiger partial charge on any atom is 0.232 e. The van der Waals surface area contributed by atoms with Gasteiger partial charge in [-0.1, -0.05) is 17.7 Å². The van der Waals surface area contributed by atoms with Crippen LogP contribution in [0.3, 0.4) is 0 Å². The number of anilines is 1. The monoisotopic (exact) mass is 404 g/mol. The zero-order valence-corrected chi connectivity index (χ0v) is 17.5. The SMILES string of the molecule is O=C(CSC12CC3CC(CC(C3)C1)C2)N1CCN(c2cccc(Cl)c2)CC1. The molecule has 1 aromatic rings. The number of benzene rings is 1. The molecule has 5 aliphatic rings. The van der Waals surface area contributed by atoms with E-state index in [1.165, 1.54) is 38.5 Å². The molecule has 4 bridgehead atoms. The van der Waals surface area contributed by atoms with Crippen molar-refractivity contribution in [2.45, 2.75) is 43.3 Å². The Balaban J connectivity index is 1.14. The van der Waals surface area contributed by atoms with E-state index in [2.05, 4.69) is 15.9 Å². The number of hydrogen-bond donors (Lipinski definition) is 0. The first-order valence-corrected chi connectivity index (χ1v) is 11.9. The Labute approximate surface area is 171 Å². The number of rotatable bonds is 4. The summed E-state index contributed by atoms with van der Waals surface area (Å²) < 4.78 is 0.438. The highest BCUT2D eigenvalue weighted by Crippen LogP contribution is 2.60. The number of carbonyl (C=O) groups is 1. The number of amides is 1. The van der Waals surface area contributed by atoms with Gasteiger partial charge < -0.3 is 9.80 Å². The fourth-order valence-corrected chi connectivity index (χ4v) is 8.26. The van der Waals surface area contributed by atoms with E-state index in [9.17, 15) is 4.79 Å². The average molecular weight is 405 g/mol. The minimum absolute atomic E-state index is 0.349. The Morgan fingerprint density at radius 3 is 2.26 bits per heavy atom. The molecule has 0 unspecified atom stereocenters. The molecular formula is C22H29ClN2OS. The summed E-state index contributed by atoms with van der Waals surface area (Å²) in [5, 5.41) is 0.776. The Bertz CT molecular complexity index is 681. The maximum atomic E-state index is 12.9.